The van der Waals surface area contributed by atoms with Gasteiger partial charge >= 0.3 is 0 Å². The van der Waals surface area contributed by atoms with Gasteiger partial charge in [-0.05, 0) is 24.8 Å². The fraction of sp³-hybridized carbons (Fsp3) is 0.400. The van der Waals surface area contributed by atoms with Crippen LogP contribution in [0.5, 0.6) is 0 Å². The molecule has 1 aromatic heterocycles. The first-order valence-electron chi connectivity index (χ1n) is 4.50. The van der Waals surface area contributed by atoms with Crippen molar-refractivity contribution in [1.82, 2.24) is 9.97 Å². The highest BCUT2D eigenvalue weighted by molar-refractivity contribution is 5.65. The van der Waals surface area contributed by atoms with E-state index in [4.69, 9.17) is 0 Å². The van der Waals surface area contributed by atoms with Crippen molar-refractivity contribution in [3.05, 3.63) is 30.4 Å². The van der Waals surface area contributed by atoms with Crippen LogP contribution in [-0.2, 0) is 0 Å². The third-order valence-electron chi connectivity index (χ3n) is 2.27. The molecule has 0 amide bonds. The first-order chi connectivity index (χ1) is 6.36. The first kappa shape index (κ1) is 8.38. The molecule has 1 atom stereocenters. The number of aliphatic hydroxyl groups excluding tert-OH is 1. The number of hydrogen-bond donors (Lipinski definition) is 1. The molecule has 13 heavy (non-hydrogen) atoms. The predicted octanol–water partition coefficient (Wildman–Crippen LogP) is 1.40. The second-order valence-corrected chi connectivity index (χ2v) is 3.28. The number of allylic oxidation sites excluding steroid dienone is 1. The summed E-state index contributed by atoms with van der Waals surface area (Å²) in [5, 5.41) is 9.42. The van der Waals surface area contributed by atoms with E-state index in [-0.39, 0.29) is 6.10 Å². The molecule has 0 aliphatic heterocycles. The lowest BCUT2D eigenvalue weighted by Gasteiger charge is -2.16. The van der Waals surface area contributed by atoms with Crippen molar-refractivity contribution in [2.45, 2.75) is 25.4 Å². The highest BCUT2D eigenvalue weighted by Gasteiger charge is 2.11. The summed E-state index contributed by atoms with van der Waals surface area (Å²) >= 11 is 0. The van der Waals surface area contributed by atoms with Crippen LogP contribution in [-0.4, -0.2) is 21.2 Å². The molecule has 3 nitrogen and oxygen atoms in total. The van der Waals surface area contributed by atoms with Crippen LogP contribution in [0.2, 0.25) is 0 Å². The third kappa shape index (κ3) is 1.92. The maximum absolute atomic E-state index is 9.42. The average Bonchev–Trinajstić information content (AvgIpc) is 2.19. The van der Waals surface area contributed by atoms with E-state index in [0.29, 0.717) is 0 Å². The van der Waals surface area contributed by atoms with Crippen LogP contribution in [0.3, 0.4) is 0 Å². The van der Waals surface area contributed by atoms with Gasteiger partial charge in [0.15, 0.2) is 0 Å². The Bertz CT molecular complexity index is 308. The van der Waals surface area contributed by atoms with E-state index in [2.05, 4.69) is 9.97 Å². The van der Waals surface area contributed by atoms with Crippen molar-refractivity contribution in [3.63, 3.8) is 0 Å². The maximum Gasteiger partial charge on any atom is 0.115 e. The summed E-state index contributed by atoms with van der Waals surface area (Å²) in [6.07, 6.45) is 9.65. The van der Waals surface area contributed by atoms with Gasteiger partial charge in [-0.2, -0.15) is 0 Å². The normalized spacial score (nSPS) is 22.5. The number of aromatic nitrogens is 2. The average molecular weight is 176 g/mol. The van der Waals surface area contributed by atoms with Crippen molar-refractivity contribution in [2.75, 3.05) is 0 Å². The Morgan fingerprint density at radius 3 is 2.77 bits per heavy atom. The summed E-state index contributed by atoms with van der Waals surface area (Å²) < 4.78 is 0. The van der Waals surface area contributed by atoms with Gasteiger partial charge in [-0.15, -0.1) is 0 Å². The van der Waals surface area contributed by atoms with E-state index in [1.807, 2.05) is 6.08 Å². The molecule has 0 saturated carbocycles. The molecule has 0 spiro atoms. The summed E-state index contributed by atoms with van der Waals surface area (Å²) in [7, 11) is 0. The van der Waals surface area contributed by atoms with Crippen LogP contribution in [0.15, 0.2) is 24.8 Å². The smallest absolute Gasteiger partial charge is 0.115 e. The Balaban J connectivity index is 2.26. The van der Waals surface area contributed by atoms with E-state index in [1.165, 1.54) is 11.9 Å². The quantitative estimate of drug-likeness (QED) is 0.703. The van der Waals surface area contributed by atoms with Crippen LogP contribution in [0, 0.1) is 0 Å². The van der Waals surface area contributed by atoms with Gasteiger partial charge in [0, 0.05) is 18.0 Å². The van der Waals surface area contributed by atoms with Crippen molar-refractivity contribution in [2.24, 2.45) is 0 Å². The van der Waals surface area contributed by atoms with E-state index in [0.717, 1.165) is 24.8 Å². The minimum absolute atomic E-state index is 0.288. The Morgan fingerprint density at radius 2 is 2.08 bits per heavy atom. The molecule has 0 aromatic carbocycles. The number of nitrogens with zero attached hydrogens (tertiary/aromatic N) is 2. The van der Waals surface area contributed by atoms with Gasteiger partial charge in [-0.25, -0.2) is 9.97 Å². The lowest BCUT2D eigenvalue weighted by atomic mass is 9.94. The molecular weight excluding hydrogens is 164 g/mol. The molecule has 0 bridgehead atoms. The fourth-order valence-corrected chi connectivity index (χ4v) is 1.61. The largest absolute Gasteiger partial charge is 0.389 e. The number of hydrogen-bond acceptors (Lipinski definition) is 3. The number of aliphatic hydroxyl groups is 1. The van der Waals surface area contributed by atoms with Crippen LogP contribution in [0.25, 0.3) is 5.57 Å². The second kappa shape index (κ2) is 3.66. The van der Waals surface area contributed by atoms with Crippen LogP contribution in [0.1, 0.15) is 24.8 Å². The molecule has 1 N–H and O–H groups in total. The van der Waals surface area contributed by atoms with E-state index >= 15 is 0 Å². The molecule has 1 unspecified atom stereocenters. The molecule has 0 radical (unpaired) electrons. The molecule has 1 aromatic rings. The van der Waals surface area contributed by atoms with Crippen molar-refractivity contribution in [3.8, 4) is 0 Å². The molecule has 3 heteroatoms. The summed E-state index contributed by atoms with van der Waals surface area (Å²) in [6.45, 7) is 0. The Morgan fingerprint density at radius 1 is 1.31 bits per heavy atom. The lowest BCUT2D eigenvalue weighted by Crippen LogP contribution is -2.08. The van der Waals surface area contributed by atoms with Gasteiger partial charge < -0.3 is 5.11 Å². The zero-order valence-electron chi connectivity index (χ0n) is 7.35. The molecule has 0 saturated heterocycles. The van der Waals surface area contributed by atoms with Gasteiger partial charge in [-0.3, -0.25) is 0 Å². The van der Waals surface area contributed by atoms with Crippen LogP contribution in [0.4, 0.5) is 0 Å². The van der Waals surface area contributed by atoms with E-state index in [1.54, 1.807) is 12.4 Å². The van der Waals surface area contributed by atoms with Crippen LogP contribution >= 0.6 is 0 Å². The molecule has 2 rings (SSSR count). The Kier molecular flexibility index (Phi) is 2.36. The molecule has 68 valence electrons. The standard InChI is InChI=1S/C10H12N2O/c13-10-3-1-2-8(4-10)9-5-11-7-12-6-9/h4-7,10,13H,1-3H2. The van der Waals surface area contributed by atoms with Gasteiger partial charge in [0.05, 0.1) is 6.10 Å². The topological polar surface area (TPSA) is 46.0 Å². The molecule has 1 heterocycles. The van der Waals surface area contributed by atoms with Crippen molar-refractivity contribution >= 4 is 5.57 Å². The van der Waals surface area contributed by atoms with Gasteiger partial charge in [-0.1, -0.05) is 6.08 Å². The Hall–Kier alpha value is -1.22. The lowest BCUT2D eigenvalue weighted by molar-refractivity contribution is 0.206. The second-order valence-electron chi connectivity index (χ2n) is 3.28. The molecular formula is C10H12N2O. The third-order valence-corrected chi connectivity index (χ3v) is 2.27. The summed E-state index contributed by atoms with van der Waals surface area (Å²) in [4.78, 5) is 7.90. The zero-order chi connectivity index (χ0) is 9.10. The highest BCUT2D eigenvalue weighted by atomic mass is 16.3. The van der Waals surface area contributed by atoms with Gasteiger partial charge in [0.25, 0.3) is 0 Å². The maximum atomic E-state index is 9.42. The van der Waals surface area contributed by atoms with Crippen LogP contribution < -0.4 is 0 Å². The van der Waals surface area contributed by atoms with E-state index < -0.39 is 0 Å². The Labute approximate surface area is 77.2 Å². The van der Waals surface area contributed by atoms with Gasteiger partial charge in [0.1, 0.15) is 6.33 Å². The van der Waals surface area contributed by atoms with E-state index in [9.17, 15) is 5.11 Å². The van der Waals surface area contributed by atoms with Crippen molar-refractivity contribution < 1.29 is 5.11 Å². The minimum atomic E-state index is -0.288. The summed E-state index contributed by atoms with van der Waals surface area (Å²) in [5.74, 6) is 0. The van der Waals surface area contributed by atoms with Gasteiger partial charge in [0.2, 0.25) is 0 Å². The molecule has 0 fully saturated rings. The zero-order valence-corrected chi connectivity index (χ0v) is 7.35. The SMILES string of the molecule is OC1C=C(c2cncnc2)CCC1. The molecule has 1 aliphatic carbocycles. The summed E-state index contributed by atoms with van der Waals surface area (Å²) in [5.41, 5.74) is 2.20. The number of rotatable bonds is 1. The minimum Gasteiger partial charge on any atom is -0.389 e. The molecule has 1 aliphatic rings. The highest BCUT2D eigenvalue weighted by Crippen LogP contribution is 2.25. The predicted molar refractivity (Wildman–Crippen MR) is 49.9 cm³/mol. The monoisotopic (exact) mass is 176 g/mol. The fourth-order valence-electron chi connectivity index (χ4n) is 1.61. The first-order valence-corrected chi connectivity index (χ1v) is 4.50. The van der Waals surface area contributed by atoms with Crippen molar-refractivity contribution in [1.29, 1.82) is 0 Å². The summed E-state index contributed by atoms with van der Waals surface area (Å²) in [6, 6.07) is 0.